The number of aromatic nitrogens is 4. The number of hydrogen-bond donors (Lipinski definition) is 2. The largest absolute Gasteiger partial charge is 0.339 e. The summed E-state index contributed by atoms with van der Waals surface area (Å²) < 4.78 is 0. The van der Waals surface area contributed by atoms with Crippen LogP contribution in [0.1, 0.15) is 0 Å². The van der Waals surface area contributed by atoms with Gasteiger partial charge in [-0.1, -0.05) is 0 Å². The molecule has 2 aromatic heterocycles. The van der Waals surface area contributed by atoms with Crippen LogP contribution >= 0.6 is 0 Å². The van der Waals surface area contributed by atoms with Gasteiger partial charge in [-0.3, -0.25) is 4.79 Å². The number of H-pyrrole nitrogens is 2. The van der Waals surface area contributed by atoms with E-state index < -0.39 is 0 Å². The van der Waals surface area contributed by atoms with Crippen molar-refractivity contribution >= 4 is 70.3 Å². The van der Waals surface area contributed by atoms with Crippen molar-refractivity contribution in [3.63, 3.8) is 0 Å². The molecule has 0 unspecified atom stereocenters. The maximum Gasteiger partial charge on any atom is 0.276 e. The van der Waals surface area contributed by atoms with Crippen LogP contribution in [0.5, 0.6) is 0 Å². The quantitative estimate of drug-likeness (QED) is 0.507. The average molecular weight is 182 g/mol. The Balaban J connectivity index is 0.000000605. The molecule has 0 bridgehead atoms. The van der Waals surface area contributed by atoms with Crippen LogP contribution in [0.2, 0.25) is 0 Å². The minimum Gasteiger partial charge on any atom is -0.339 e. The van der Waals surface area contributed by atoms with Gasteiger partial charge in [0.25, 0.3) is 5.56 Å². The van der Waals surface area contributed by atoms with E-state index >= 15 is 0 Å². The van der Waals surface area contributed by atoms with Crippen molar-refractivity contribution in [3.05, 3.63) is 23.0 Å². The van der Waals surface area contributed by atoms with Crippen LogP contribution < -0.4 is 5.56 Å². The Morgan fingerprint density at radius 3 is 2.25 bits per heavy atom. The van der Waals surface area contributed by atoms with Gasteiger partial charge in [-0.25, -0.2) is 9.97 Å². The SMILES string of the molecule is O=c1[nH]cnc2nc[nH]c12.[Na].[Na]. The third-order valence-corrected chi connectivity index (χ3v) is 1.23. The summed E-state index contributed by atoms with van der Waals surface area (Å²) in [4.78, 5) is 23.6. The smallest absolute Gasteiger partial charge is 0.276 e. The molecule has 0 saturated carbocycles. The molecular weight excluding hydrogens is 178 g/mol. The molecule has 12 heavy (non-hydrogen) atoms. The van der Waals surface area contributed by atoms with Crippen molar-refractivity contribution in [1.82, 2.24) is 19.9 Å². The first-order valence-corrected chi connectivity index (χ1v) is 2.75. The molecule has 5 nitrogen and oxygen atoms in total. The van der Waals surface area contributed by atoms with E-state index in [1.54, 1.807) is 0 Å². The second-order valence-corrected chi connectivity index (χ2v) is 1.83. The molecule has 7 heteroatoms. The minimum atomic E-state index is -0.192. The van der Waals surface area contributed by atoms with Crippen LogP contribution in [-0.2, 0) is 0 Å². The fraction of sp³-hybridized carbons (Fsp3) is 0. The van der Waals surface area contributed by atoms with Crippen LogP contribution in [0.4, 0.5) is 0 Å². The Morgan fingerprint density at radius 2 is 1.67 bits per heavy atom. The summed E-state index contributed by atoms with van der Waals surface area (Å²) in [6.07, 6.45) is 2.76. The zero-order chi connectivity index (χ0) is 6.97. The Labute approximate surface area is 112 Å². The Kier molecular flexibility index (Phi) is 5.31. The minimum absolute atomic E-state index is 0. The molecule has 0 atom stereocenters. The summed E-state index contributed by atoms with van der Waals surface area (Å²) in [7, 11) is 0. The van der Waals surface area contributed by atoms with E-state index in [1.165, 1.54) is 12.7 Å². The number of imidazole rings is 1. The van der Waals surface area contributed by atoms with Crippen molar-refractivity contribution in [2.45, 2.75) is 0 Å². The van der Waals surface area contributed by atoms with E-state index in [0.29, 0.717) is 11.2 Å². The molecule has 0 saturated heterocycles. The number of nitrogens with one attached hydrogen (secondary N) is 2. The summed E-state index contributed by atoms with van der Waals surface area (Å²) in [5.74, 6) is 0. The second-order valence-electron chi connectivity index (χ2n) is 1.83. The van der Waals surface area contributed by atoms with Gasteiger partial charge in [-0.05, 0) is 0 Å². The standard InChI is InChI=1S/C5H4N4O.2Na/c10-5-3-4(7-1-6-3)8-2-9-5;;/h1-2H,(H2,6,7,8,9,10);;. The van der Waals surface area contributed by atoms with Crippen LogP contribution in [0, 0.1) is 0 Å². The number of fused-ring (bicyclic) bond motifs is 1. The van der Waals surface area contributed by atoms with Gasteiger partial charge in [0, 0.05) is 59.1 Å². The maximum atomic E-state index is 10.9. The summed E-state index contributed by atoms with van der Waals surface area (Å²) in [5, 5.41) is 0. The number of hydrogen-bond acceptors (Lipinski definition) is 3. The van der Waals surface area contributed by atoms with Crippen molar-refractivity contribution in [3.8, 4) is 0 Å². The molecule has 2 aromatic rings. The number of nitrogens with zero attached hydrogens (tertiary/aromatic N) is 2. The van der Waals surface area contributed by atoms with Gasteiger partial charge in [0.15, 0.2) is 11.2 Å². The molecule has 0 amide bonds. The van der Waals surface area contributed by atoms with E-state index in [-0.39, 0.29) is 64.7 Å². The van der Waals surface area contributed by atoms with E-state index in [9.17, 15) is 4.79 Å². The van der Waals surface area contributed by atoms with Crippen molar-refractivity contribution in [2.24, 2.45) is 0 Å². The molecule has 2 heterocycles. The number of rotatable bonds is 0. The fourth-order valence-electron chi connectivity index (χ4n) is 0.776. The van der Waals surface area contributed by atoms with Crippen molar-refractivity contribution in [1.29, 1.82) is 0 Å². The first-order chi connectivity index (χ1) is 4.88. The number of aromatic amines is 2. The van der Waals surface area contributed by atoms with Gasteiger partial charge in [-0.15, -0.1) is 0 Å². The molecule has 0 aliphatic carbocycles. The fourth-order valence-corrected chi connectivity index (χ4v) is 0.776. The second kappa shape index (κ2) is 5.16. The molecule has 0 fully saturated rings. The molecule has 52 valence electrons. The molecule has 2 radical (unpaired) electrons. The van der Waals surface area contributed by atoms with Crippen LogP contribution in [-0.4, -0.2) is 79.1 Å². The van der Waals surface area contributed by atoms with Gasteiger partial charge in [0.1, 0.15) is 0 Å². The zero-order valence-corrected chi connectivity index (χ0v) is 11.0. The van der Waals surface area contributed by atoms with E-state index in [4.69, 9.17) is 0 Å². The Bertz CT molecular complexity index is 409. The predicted octanol–water partition coefficient (Wildman–Crippen LogP) is -1.12. The van der Waals surface area contributed by atoms with Crippen molar-refractivity contribution < 1.29 is 0 Å². The summed E-state index contributed by atoms with van der Waals surface area (Å²) in [6.45, 7) is 0. The molecule has 0 aliphatic heterocycles. The molecule has 0 aliphatic rings. The predicted molar refractivity (Wildman–Crippen MR) is 46.0 cm³/mol. The van der Waals surface area contributed by atoms with Gasteiger partial charge >= 0.3 is 0 Å². The molecule has 0 aromatic carbocycles. The topological polar surface area (TPSA) is 74.4 Å². The van der Waals surface area contributed by atoms with Gasteiger partial charge in [-0.2, -0.15) is 0 Å². The third-order valence-electron chi connectivity index (χ3n) is 1.23. The normalized spacial score (nSPS) is 8.67. The molecule has 2 rings (SSSR count). The third kappa shape index (κ3) is 2.18. The van der Waals surface area contributed by atoms with E-state index in [1.807, 2.05) is 0 Å². The Hall–Kier alpha value is 0.350. The van der Waals surface area contributed by atoms with Crippen molar-refractivity contribution in [2.75, 3.05) is 0 Å². The average Bonchev–Trinajstić information content (AvgIpc) is 2.36. The molecule has 2 N–H and O–H groups in total. The maximum absolute atomic E-state index is 10.9. The first kappa shape index (κ1) is 12.3. The first-order valence-electron chi connectivity index (χ1n) is 2.75. The monoisotopic (exact) mass is 182 g/mol. The van der Waals surface area contributed by atoms with E-state index in [2.05, 4.69) is 19.9 Å². The zero-order valence-electron chi connectivity index (χ0n) is 6.96. The molecular formula is C5H4N4Na2O. The summed E-state index contributed by atoms with van der Waals surface area (Å²) >= 11 is 0. The molecule has 0 spiro atoms. The Morgan fingerprint density at radius 1 is 1.08 bits per heavy atom. The summed E-state index contributed by atoms with van der Waals surface area (Å²) in [6, 6.07) is 0. The van der Waals surface area contributed by atoms with Gasteiger partial charge in [0.05, 0.1) is 12.7 Å². The van der Waals surface area contributed by atoms with Gasteiger partial charge < -0.3 is 9.97 Å². The van der Waals surface area contributed by atoms with Crippen LogP contribution in [0.3, 0.4) is 0 Å². The summed E-state index contributed by atoms with van der Waals surface area (Å²) in [5.41, 5.74) is 0.675. The van der Waals surface area contributed by atoms with Gasteiger partial charge in [0.2, 0.25) is 0 Å². The van der Waals surface area contributed by atoms with Crippen LogP contribution in [0.15, 0.2) is 17.4 Å². The van der Waals surface area contributed by atoms with E-state index in [0.717, 1.165) is 0 Å². The van der Waals surface area contributed by atoms with Crippen LogP contribution in [0.25, 0.3) is 11.2 Å².